The van der Waals surface area contributed by atoms with Gasteiger partial charge in [0.2, 0.25) is 0 Å². The summed E-state index contributed by atoms with van der Waals surface area (Å²) in [6, 6.07) is 32.4. The fourth-order valence-electron chi connectivity index (χ4n) is 4.29. The van der Waals surface area contributed by atoms with Crippen LogP contribution in [0.15, 0.2) is 118 Å². The van der Waals surface area contributed by atoms with Gasteiger partial charge in [-0.15, -0.1) is 4.40 Å². The first-order valence-electron chi connectivity index (χ1n) is 11.8. The third-order valence-corrected chi connectivity index (χ3v) is 7.46. The highest BCUT2D eigenvalue weighted by molar-refractivity contribution is 7.90. The van der Waals surface area contributed by atoms with E-state index in [2.05, 4.69) is 9.71 Å². The van der Waals surface area contributed by atoms with Crippen molar-refractivity contribution in [3.8, 4) is 0 Å². The number of fused-ring (bicyclic) bond motifs is 1. The van der Waals surface area contributed by atoms with Crippen molar-refractivity contribution in [1.29, 1.82) is 0 Å². The van der Waals surface area contributed by atoms with Gasteiger partial charge in [-0.1, -0.05) is 84.4 Å². The van der Waals surface area contributed by atoms with Crippen LogP contribution in [-0.2, 0) is 14.8 Å². The van der Waals surface area contributed by atoms with Crippen molar-refractivity contribution in [3.05, 3.63) is 126 Å². The van der Waals surface area contributed by atoms with Crippen molar-refractivity contribution in [2.75, 3.05) is 17.3 Å². The summed E-state index contributed by atoms with van der Waals surface area (Å²) in [6.07, 6.45) is 0. The molecule has 0 aliphatic carbocycles. The average molecular weight is 508 g/mol. The van der Waals surface area contributed by atoms with Gasteiger partial charge in [0.05, 0.1) is 16.2 Å². The Balaban J connectivity index is 1.81. The second kappa shape index (κ2) is 9.87. The SMILES string of the molecule is Cc1ccc(S(=O)(=O)/N=C(Nc2ccccc2)/C(=C2\C(=O)N(C)c3ccccc32)c2ccccc2)cc1. The van der Waals surface area contributed by atoms with Gasteiger partial charge in [-0.05, 0) is 42.8 Å². The van der Waals surface area contributed by atoms with Crippen molar-refractivity contribution in [2.24, 2.45) is 4.40 Å². The minimum absolute atomic E-state index is 0.0615. The van der Waals surface area contributed by atoms with E-state index in [0.29, 0.717) is 28.0 Å². The Hall–Kier alpha value is -4.49. The average Bonchev–Trinajstić information content (AvgIpc) is 3.15. The van der Waals surface area contributed by atoms with Gasteiger partial charge >= 0.3 is 0 Å². The number of hydrogen-bond donors (Lipinski definition) is 1. The number of carbonyl (C=O) groups is 1. The van der Waals surface area contributed by atoms with Crippen molar-refractivity contribution >= 4 is 44.3 Å². The minimum Gasteiger partial charge on any atom is -0.339 e. The van der Waals surface area contributed by atoms with E-state index in [1.807, 2.05) is 91.9 Å². The molecule has 0 unspecified atom stereocenters. The predicted molar refractivity (Wildman–Crippen MR) is 149 cm³/mol. The fraction of sp³-hybridized carbons (Fsp3) is 0.0667. The molecule has 7 heteroatoms. The van der Waals surface area contributed by atoms with Crippen LogP contribution in [0.3, 0.4) is 0 Å². The smallest absolute Gasteiger partial charge is 0.284 e. The number of amidine groups is 1. The molecule has 1 aliphatic rings. The molecule has 0 saturated heterocycles. The second-order valence-corrected chi connectivity index (χ2v) is 10.3. The highest BCUT2D eigenvalue weighted by atomic mass is 32.2. The number of benzene rings is 4. The summed E-state index contributed by atoms with van der Waals surface area (Å²) in [5.41, 5.74) is 4.49. The number of likely N-dealkylation sites (N-methyl/N-ethyl adjacent to an activating group) is 1. The Kier molecular flexibility index (Phi) is 6.46. The molecule has 1 heterocycles. The van der Waals surface area contributed by atoms with E-state index >= 15 is 0 Å². The Morgan fingerprint density at radius 1 is 0.784 bits per heavy atom. The van der Waals surface area contributed by atoms with Crippen LogP contribution in [0.25, 0.3) is 11.1 Å². The Morgan fingerprint density at radius 3 is 2.05 bits per heavy atom. The maximum atomic E-state index is 13.6. The summed E-state index contributed by atoms with van der Waals surface area (Å²) in [5, 5.41) is 3.20. The lowest BCUT2D eigenvalue weighted by molar-refractivity contribution is -0.112. The van der Waals surface area contributed by atoms with Gasteiger partial charge in [-0.2, -0.15) is 8.42 Å². The number of nitrogens with one attached hydrogen (secondary N) is 1. The summed E-state index contributed by atoms with van der Waals surface area (Å²) < 4.78 is 31.4. The second-order valence-electron chi connectivity index (χ2n) is 8.72. The van der Waals surface area contributed by atoms with Crippen LogP contribution < -0.4 is 10.2 Å². The summed E-state index contributed by atoms with van der Waals surface area (Å²) in [5.74, 6) is -0.179. The van der Waals surface area contributed by atoms with E-state index in [9.17, 15) is 13.2 Å². The molecule has 6 nitrogen and oxygen atoms in total. The molecule has 0 radical (unpaired) electrons. The molecular formula is C30H25N3O3S. The molecule has 4 aromatic rings. The summed E-state index contributed by atoms with van der Waals surface area (Å²) >= 11 is 0. The van der Waals surface area contributed by atoms with E-state index < -0.39 is 10.0 Å². The summed E-state index contributed by atoms with van der Waals surface area (Å²) in [7, 11) is -2.41. The molecule has 5 rings (SSSR count). The molecule has 0 saturated carbocycles. The van der Waals surface area contributed by atoms with Crippen LogP contribution in [0, 0.1) is 6.92 Å². The van der Waals surface area contributed by atoms with Crippen LogP contribution >= 0.6 is 0 Å². The standard InChI is InChI=1S/C30H25N3O3S/c1-21-17-19-24(20-18-21)37(35,36)32-29(31-23-13-7-4-8-14-23)27(22-11-5-3-6-12-22)28-25-15-9-10-16-26(25)33(2)30(28)34/h3-20H,1-2H3,(H,31,32)/b28-27-. The van der Waals surface area contributed by atoms with E-state index in [0.717, 1.165) is 11.3 Å². The summed E-state index contributed by atoms with van der Waals surface area (Å²) in [4.78, 5) is 15.3. The molecule has 0 fully saturated rings. The molecule has 0 spiro atoms. The van der Waals surface area contributed by atoms with Gasteiger partial charge in [0.25, 0.3) is 15.9 Å². The quantitative estimate of drug-likeness (QED) is 0.211. The Bertz CT molecular complexity index is 1630. The number of amides is 1. The highest BCUT2D eigenvalue weighted by Crippen LogP contribution is 2.40. The number of para-hydroxylation sites is 2. The van der Waals surface area contributed by atoms with Crippen LogP contribution in [0.4, 0.5) is 11.4 Å². The molecule has 1 N–H and O–H groups in total. The van der Waals surface area contributed by atoms with Crippen molar-refractivity contribution < 1.29 is 13.2 Å². The first-order valence-corrected chi connectivity index (χ1v) is 13.2. The molecule has 1 amide bonds. The van der Waals surface area contributed by atoms with E-state index in [1.165, 1.54) is 12.1 Å². The lowest BCUT2D eigenvalue weighted by Gasteiger charge is -2.17. The fourth-order valence-corrected chi connectivity index (χ4v) is 5.25. The number of sulfonamides is 1. The van der Waals surface area contributed by atoms with Gasteiger partial charge in [0, 0.05) is 23.9 Å². The van der Waals surface area contributed by atoms with Gasteiger partial charge in [0.15, 0.2) is 5.84 Å². The first kappa shape index (κ1) is 24.2. The van der Waals surface area contributed by atoms with Crippen LogP contribution in [0.2, 0.25) is 0 Å². The highest BCUT2D eigenvalue weighted by Gasteiger charge is 2.34. The largest absolute Gasteiger partial charge is 0.339 e. The van der Waals surface area contributed by atoms with E-state index in [4.69, 9.17) is 0 Å². The number of aryl methyl sites for hydroxylation is 1. The molecule has 0 bridgehead atoms. The maximum absolute atomic E-state index is 13.6. The number of hydrogen-bond acceptors (Lipinski definition) is 3. The number of anilines is 2. The zero-order chi connectivity index (χ0) is 26.0. The lowest BCUT2D eigenvalue weighted by Crippen LogP contribution is -2.24. The van der Waals surface area contributed by atoms with E-state index in [1.54, 1.807) is 24.1 Å². The Morgan fingerprint density at radius 2 is 1.38 bits per heavy atom. The molecule has 0 aromatic heterocycles. The predicted octanol–water partition coefficient (Wildman–Crippen LogP) is 5.78. The van der Waals surface area contributed by atoms with Gasteiger partial charge in [0.1, 0.15) is 0 Å². The van der Waals surface area contributed by atoms with Crippen LogP contribution in [-0.4, -0.2) is 27.2 Å². The van der Waals surface area contributed by atoms with Gasteiger partial charge in [-0.25, -0.2) is 0 Å². The van der Waals surface area contributed by atoms with E-state index in [-0.39, 0.29) is 16.6 Å². The molecule has 184 valence electrons. The number of rotatable bonds is 5. The normalized spacial score (nSPS) is 14.9. The lowest BCUT2D eigenvalue weighted by atomic mass is 9.94. The molecule has 4 aromatic carbocycles. The summed E-state index contributed by atoms with van der Waals surface area (Å²) in [6.45, 7) is 1.89. The minimum atomic E-state index is -4.12. The third kappa shape index (κ3) is 4.81. The van der Waals surface area contributed by atoms with Crippen LogP contribution in [0.1, 0.15) is 16.7 Å². The molecular weight excluding hydrogens is 482 g/mol. The topological polar surface area (TPSA) is 78.8 Å². The maximum Gasteiger partial charge on any atom is 0.284 e. The van der Waals surface area contributed by atoms with Crippen molar-refractivity contribution in [1.82, 2.24) is 0 Å². The van der Waals surface area contributed by atoms with Gasteiger partial charge in [-0.3, -0.25) is 4.79 Å². The molecule has 37 heavy (non-hydrogen) atoms. The molecule has 0 atom stereocenters. The number of carbonyl (C=O) groups excluding carboxylic acids is 1. The zero-order valence-electron chi connectivity index (χ0n) is 20.4. The monoisotopic (exact) mass is 507 g/mol. The Labute approximate surface area is 216 Å². The number of nitrogens with zero attached hydrogens (tertiary/aromatic N) is 2. The van der Waals surface area contributed by atoms with Gasteiger partial charge < -0.3 is 10.2 Å². The van der Waals surface area contributed by atoms with Crippen molar-refractivity contribution in [3.63, 3.8) is 0 Å². The third-order valence-electron chi connectivity index (χ3n) is 6.17. The van der Waals surface area contributed by atoms with Crippen molar-refractivity contribution in [2.45, 2.75) is 11.8 Å². The zero-order valence-corrected chi connectivity index (χ0v) is 21.2. The van der Waals surface area contributed by atoms with Crippen LogP contribution in [0.5, 0.6) is 0 Å². The first-order chi connectivity index (χ1) is 17.8. The molecule has 1 aliphatic heterocycles.